The van der Waals surface area contributed by atoms with E-state index in [1.165, 1.54) is 38.5 Å². The predicted molar refractivity (Wildman–Crippen MR) is 69.2 cm³/mol. The summed E-state index contributed by atoms with van der Waals surface area (Å²) in [4.78, 5) is 0. The topological polar surface area (TPSA) is 30.5 Å². The van der Waals surface area contributed by atoms with Gasteiger partial charge in [0, 0.05) is 19.3 Å². The van der Waals surface area contributed by atoms with Crippen LogP contribution < -0.4 is 5.32 Å². The number of rotatable bonds is 6. The molecule has 0 saturated carbocycles. The average molecular weight is 241 g/mol. The number of nitrogens with one attached hydrogen (secondary N) is 1. The minimum atomic E-state index is 0.528. The molecule has 0 aromatic carbocycles. The number of hydrogen-bond acceptors (Lipinski definition) is 3. The molecule has 0 aliphatic carbocycles. The van der Waals surface area contributed by atoms with E-state index < -0.39 is 0 Å². The van der Waals surface area contributed by atoms with Crippen molar-refractivity contribution in [3.63, 3.8) is 0 Å². The van der Waals surface area contributed by atoms with Crippen LogP contribution in [0.25, 0.3) is 0 Å². The van der Waals surface area contributed by atoms with Gasteiger partial charge in [-0.1, -0.05) is 6.92 Å². The first-order valence-electron chi connectivity index (χ1n) is 7.33. The fourth-order valence-corrected chi connectivity index (χ4v) is 3.09. The molecule has 0 bridgehead atoms. The van der Waals surface area contributed by atoms with Crippen LogP contribution in [0.4, 0.5) is 0 Å². The molecule has 3 unspecified atom stereocenters. The Hall–Kier alpha value is -0.120. The standard InChI is InChI=1S/C14H27NO2/c1-2-15-14(12-5-3-9-16-11-12)8-7-13-6-4-10-17-13/h12-15H,2-11H2,1H3. The molecule has 0 radical (unpaired) electrons. The van der Waals surface area contributed by atoms with Crippen LogP contribution in [0.15, 0.2) is 0 Å². The van der Waals surface area contributed by atoms with E-state index >= 15 is 0 Å². The van der Waals surface area contributed by atoms with Crippen LogP contribution in [0.5, 0.6) is 0 Å². The Morgan fingerprint density at radius 1 is 1.24 bits per heavy atom. The van der Waals surface area contributed by atoms with Crippen molar-refractivity contribution in [2.45, 2.75) is 57.6 Å². The summed E-state index contributed by atoms with van der Waals surface area (Å²) in [6.45, 7) is 6.14. The lowest BCUT2D eigenvalue weighted by Gasteiger charge is -2.31. The first-order valence-corrected chi connectivity index (χ1v) is 7.33. The van der Waals surface area contributed by atoms with E-state index in [0.717, 1.165) is 26.4 Å². The zero-order valence-corrected chi connectivity index (χ0v) is 11.1. The van der Waals surface area contributed by atoms with Gasteiger partial charge in [0.25, 0.3) is 0 Å². The molecule has 3 nitrogen and oxygen atoms in total. The highest BCUT2D eigenvalue weighted by Gasteiger charge is 2.25. The van der Waals surface area contributed by atoms with Crippen molar-refractivity contribution in [1.29, 1.82) is 0 Å². The minimum Gasteiger partial charge on any atom is -0.381 e. The smallest absolute Gasteiger partial charge is 0.0576 e. The van der Waals surface area contributed by atoms with Crippen LogP contribution in [0, 0.1) is 5.92 Å². The fourth-order valence-electron chi connectivity index (χ4n) is 3.09. The highest BCUT2D eigenvalue weighted by Crippen LogP contribution is 2.24. The van der Waals surface area contributed by atoms with E-state index in [-0.39, 0.29) is 0 Å². The average Bonchev–Trinajstić information content (AvgIpc) is 2.88. The van der Waals surface area contributed by atoms with Gasteiger partial charge in [0.1, 0.15) is 0 Å². The maximum atomic E-state index is 5.71. The van der Waals surface area contributed by atoms with E-state index in [4.69, 9.17) is 9.47 Å². The summed E-state index contributed by atoms with van der Waals surface area (Å²) in [7, 11) is 0. The van der Waals surface area contributed by atoms with Crippen molar-refractivity contribution in [1.82, 2.24) is 5.32 Å². The molecule has 2 saturated heterocycles. The van der Waals surface area contributed by atoms with Gasteiger partial charge in [-0.3, -0.25) is 0 Å². The highest BCUT2D eigenvalue weighted by molar-refractivity contribution is 4.80. The van der Waals surface area contributed by atoms with Crippen LogP contribution in [0.3, 0.4) is 0 Å². The molecule has 1 N–H and O–H groups in total. The normalized spacial score (nSPS) is 31.6. The zero-order valence-electron chi connectivity index (χ0n) is 11.1. The fraction of sp³-hybridized carbons (Fsp3) is 1.00. The zero-order chi connectivity index (χ0) is 11.9. The van der Waals surface area contributed by atoms with E-state index in [0.29, 0.717) is 18.1 Å². The quantitative estimate of drug-likeness (QED) is 0.774. The summed E-state index contributed by atoms with van der Waals surface area (Å²) in [5.74, 6) is 0.713. The molecule has 3 heteroatoms. The van der Waals surface area contributed by atoms with Gasteiger partial charge in [-0.25, -0.2) is 0 Å². The Morgan fingerprint density at radius 2 is 2.12 bits per heavy atom. The number of ether oxygens (including phenoxy) is 2. The molecule has 0 spiro atoms. The summed E-state index contributed by atoms with van der Waals surface area (Å²) < 4.78 is 11.3. The second kappa shape index (κ2) is 7.34. The lowest BCUT2D eigenvalue weighted by molar-refractivity contribution is 0.0335. The molecule has 3 atom stereocenters. The second-order valence-corrected chi connectivity index (χ2v) is 5.35. The molecule has 0 aromatic rings. The van der Waals surface area contributed by atoms with Gasteiger partial charge in [-0.15, -0.1) is 0 Å². The minimum absolute atomic E-state index is 0.528. The molecular formula is C14H27NO2. The summed E-state index contributed by atoms with van der Waals surface area (Å²) >= 11 is 0. The Kier molecular flexibility index (Phi) is 5.75. The van der Waals surface area contributed by atoms with Gasteiger partial charge in [0.15, 0.2) is 0 Å². The summed E-state index contributed by atoms with van der Waals surface area (Å²) in [5.41, 5.74) is 0. The molecule has 0 aromatic heterocycles. The summed E-state index contributed by atoms with van der Waals surface area (Å²) in [6.07, 6.45) is 8.06. The van der Waals surface area contributed by atoms with E-state index in [9.17, 15) is 0 Å². The molecule has 2 rings (SSSR count). The van der Waals surface area contributed by atoms with Crippen molar-refractivity contribution in [3.05, 3.63) is 0 Å². The molecule has 2 fully saturated rings. The highest BCUT2D eigenvalue weighted by atomic mass is 16.5. The van der Waals surface area contributed by atoms with Crippen LogP contribution >= 0.6 is 0 Å². The lowest BCUT2D eigenvalue weighted by Crippen LogP contribution is -2.40. The lowest BCUT2D eigenvalue weighted by atomic mass is 9.89. The van der Waals surface area contributed by atoms with Gasteiger partial charge < -0.3 is 14.8 Å². The second-order valence-electron chi connectivity index (χ2n) is 5.35. The molecule has 2 aliphatic heterocycles. The van der Waals surface area contributed by atoms with Crippen molar-refractivity contribution < 1.29 is 9.47 Å². The Labute approximate surface area is 105 Å². The van der Waals surface area contributed by atoms with Crippen LogP contribution in [-0.4, -0.2) is 38.5 Å². The third-order valence-corrected chi connectivity index (χ3v) is 4.05. The number of hydrogen-bond donors (Lipinski definition) is 1. The molecule has 17 heavy (non-hydrogen) atoms. The van der Waals surface area contributed by atoms with Crippen molar-refractivity contribution in [2.75, 3.05) is 26.4 Å². The van der Waals surface area contributed by atoms with Crippen molar-refractivity contribution in [3.8, 4) is 0 Å². The first-order chi connectivity index (χ1) is 8.40. The predicted octanol–water partition coefficient (Wildman–Crippen LogP) is 2.35. The third kappa shape index (κ3) is 4.23. The Balaban J connectivity index is 1.74. The SMILES string of the molecule is CCNC(CCC1CCCO1)C1CCCOC1. The summed E-state index contributed by atoms with van der Waals surface area (Å²) in [6, 6.07) is 0.629. The van der Waals surface area contributed by atoms with Crippen molar-refractivity contribution in [2.24, 2.45) is 5.92 Å². The van der Waals surface area contributed by atoms with Crippen LogP contribution in [0.2, 0.25) is 0 Å². The third-order valence-electron chi connectivity index (χ3n) is 4.05. The van der Waals surface area contributed by atoms with Gasteiger partial charge in [-0.2, -0.15) is 0 Å². The van der Waals surface area contributed by atoms with Gasteiger partial charge in [0.2, 0.25) is 0 Å². The monoisotopic (exact) mass is 241 g/mol. The van der Waals surface area contributed by atoms with Crippen LogP contribution in [0.1, 0.15) is 45.4 Å². The van der Waals surface area contributed by atoms with E-state index in [2.05, 4.69) is 12.2 Å². The summed E-state index contributed by atoms with van der Waals surface area (Å²) in [5, 5.41) is 3.64. The largest absolute Gasteiger partial charge is 0.381 e. The van der Waals surface area contributed by atoms with Gasteiger partial charge in [-0.05, 0) is 51.0 Å². The molecule has 0 amide bonds. The first kappa shape index (κ1) is 13.3. The Morgan fingerprint density at radius 3 is 2.76 bits per heavy atom. The van der Waals surface area contributed by atoms with Crippen molar-refractivity contribution >= 4 is 0 Å². The molecule has 2 heterocycles. The maximum absolute atomic E-state index is 5.71. The van der Waals surface area contributed by atoms with Gasteiger partial charge in [0.05, 0.1) is 12.7 Å². The van der Waals surface area contributed by atoms with Gasteiger partial charge >= 0.3 is 0 Å². The van der Waals surface area contributed by atoms with E-state index in [1.807, 2.05) is 0 Å². The molecular weight excluding hydrogens is 214 g/mol. The molecule has 100 valence electrons. The van der Waals surface area contributed by atoms with E-state index in [1.54, 1.807) is 0 Å². The van der Waals surface area contributed by atoms with Crippen LogP contribution in [-0.2, 0) is 9.47 Å². The Bertz CT molecular complexity index is 198. The molecule has 2 aliphatic rings. The maximum Gasteiger partial charge on any atom is 0.0576 e.